The van der Waals surface area contributed by atoms with Gasteiger partial charge in [0.05, 0.1) is 7.11 Å². The lowest BCUT2D eigenvalue weighted by atomic mass is 10.1. The summed E-state index contributed by atoms with van der Waals surface area (Å²) in [4.78, 5) is 2.38. The monoisotopic (exact) mass is 223 g/mol. The zero-order valence-corrected chi connectivity index (χ0v) is 10.1. The van der Waals surface area contributed by atoms with Crippen LogP contribution in [0.5, 0.6) is 5.75 Å². The number of hydrogen-bond acceptors (Lipinski definition) is 3. The molecule has 1 aromatic carbocycles. The van der Waals surface area contributed by atoms with E-state index in [1.54, 1.807) is 7.11 Å². The second-order valence-corrected chi connectivity index (χ2v) is 5.17. The minimum Gasteiger partial charge on any atom is -0.496 e. The second-order valence-electron chi connectivity index (χ2n) is 3.86. The van der Waals surface area contributed by atoms with Crippen LogP contribution in [-0.2, 0) is 0 Å². The van der Waals surface area contributed by atoms with Crippen LogP contribution < -0.4 is 4.74 Å². The third-order valence-corrected chi connectivity index (χ3v) is 3.98. The summed E-state index contributed by atoms with van der Waals surface area (Å²) >= 11 is 2.03. The van der Waals surface area contributed by atoms with Gasteiger partial charge in [-0.05, 0) is 13.1 Å². The number of thioether (sulfide) groups is 1. The van der Waals surface area contributed by atoms with Gasteiger partial charge in [-0.15, -0.1) is 0 Å². The highest BCUT2D eigenvalue weighted by Crippen LogP contribution is 2.37. The molecule has 1 saturated heterocycles. The lowest BCUT2D eigenvalue weighted by Gasteiger charge is -2.30. The topological polar surface area (TPSA) is 12.5 Å². The summed E-state index contributed by atoms with van der Waals surface area (Å²) in [5.41, 5.74) is 1.33. The summed E-state index contributed by atoms with van der Waals surface area (Å²) in [6, 6.07) is 8.34. The van der Waals surface area contributed by atoms with Crippen LogP contribution in [-0.4, -0.2) is 37.9 Å². The highest BCUT2D eigenvalue weighted by atomic mass is 32.2. The Bertz CT molecular complexity index is 329. The number of benzene rings is 1. The van der Waals surface area contributed by atoms with Gasteiger partial charge >= 0.3 is 0 Å². The predicted octanol–water partition coefficient (Wildman–Crippen LogP) is 2.41. The molecule has 2 rings (SSSR count). The van der Waals surface area contributed by atoms with Crippen molar-refractivity contribution in [1.82, 2.24) is 4.90 Å². The van der Waals surface area contributed by atoms with E-state index < -0.39 is 0 Å². The highest BCUT2D eigenvalue weighted by molar-refractivity contribution is 7.99. The van der Waals surface area contributed by atoms with Crippen molar-refractivity contribution in [3.63, 3.8) is 0 Å². The Hall–Kier alpha value is -0.670. The van der Waals surface area contributed by atoms with Gasteiger partial charge in [0.25, 0.3) is 0 Å². The number of rotatable bonds is 2. The molecule has 0 spiro atoms. The van der Waals surface area contributed by atoms with E-state index in [2.05, 4.69) is 24.1 Å². The van der Waals surface area contributed by atoms with Gasteiger partial charge in [-0.1, -0.05) is 18.2 Å². The Kier molecular flexibility index (Phi) is 3.54. The van der Waals surface area contributed by atoms with E-state index in [4.69, 9.17) is 4.74 Å². The first-order chi connectivity index (χ1) is 7.31. The van der Waals surface area contributed by atoms with Crippen LogP contribution in [0.1, 0.15) is 10.8 Å². The SMILES string of the molecule is COc1ccccc1C1CN(C)CCS1. The molecule has 0 radical (unpaired) electrons. The number of ether oxygens (including phenoxy) is 1. The van der Waals surface area contributed by atoms with Crippen LogP contribution in [0.15, 0.2) is 24.3 Å². The third-order valence-electron chi connectivity index (χ3n) is 2.76. The van der Waals surface area contributed by atoms with Crippen molar-refractivity contribution < 1.29 is 4.74 Å². The normalized spacial score (nSPS) is 22.7. The van der Waals surface area contributed by atoms with E-state index in [0.29, 0.717) is 5.25 Å². The molecule has 3 heteroatoms. The second kappa shape index (κ2) is 4.90. The van der Waals surface area contributed by atoms with E-state index in [0.717, 1.165) is 12.3 Å². The van der Waals surface area contributed by atoms with Crippen LogP contribution in [0.3, 0.4) is 0 Å². The molecule has 1 fully saturated rings. The van der Waals surface area contributed by atoms with E-state index >= 15 is 0 Å². The summed E-state index contributed by atoms with van der Waals surface area (Å²) in [5.74, 6) is 2.23. The Morgan fingerprint density at radius 1 is 1.40 bits per heavy atom. The standard InChI is InChI=1S/C12H17NOS/c1-13-7-8-15-12(9-13)10-5-3-4-6-11(10)14-2/h3-6,12H,7-9H2,1-2H3. The summed E-state index contributed by atoms with van der Waals surface area (Å²) < 4.78 is 5.40. The lowest BCUT2D eigenvalue weighted by molar-refractivity contribution is 0.342. The molecule has 1 heterocycles. The van der Waals surface area contributed by atoms with Gasteiger partial charge in [-0.25, -0.2) is 0 Å². The molecule has 0 N–H and O–H groups in total. The van der Waals surface area contributed by atoms with Crippen LogP contribution >= 0.6 is 11.8 Å². The molecular weight excluding hydrogens is 206 g/mol. The van der Waals surface area contributed by atoms with Crippen LogP contribution in [0, 0.1) is 0 Å². The Labute approximate surface area is 95.6 Å². The summed E-state index contributed by atoms with van der Waals surface area (Å²) in [6.45, 7) is 2.31. The summed E-state index contributed by atoms with van der Waals surface area (Å²) in [7, 11) is 3.93. The molecule has 82 valence electrons. The fraction of sp³-hybridized carbons (Fsp3) is 0.500. The summed E-state index contributed by atoms with van der Waals surface area (Å²) in [6.07, 6.45) is 0. The number of nitrogens with zero attached hydrogens (tertiary/aromatic N) is 1. The zero-order valence-electron chi connectivity index (χ0n) is 9.27. The maximum Gasteiger partial charge on any atom is 0.123 e. The number of methoxy groups -OCH3 is 1. The zero-order chi connectivity index (χ0) is 10.7. The predicted molar refractivity (Wildman–Crippen MR) is 65.7 cm³/mol. The van der Waals surface area contributed by atoms with Crippen molar-refractivity contribution in [2.24, 2.45) is 0 Å². The molecule has 0 aliphatic carbocycles. The molecule has 1 unspecified atom stereocenters. The molecule has 0 aromatic heterocycles. The average Bonchev–Trinajstić information content (AvgIpc) is 2.29. The fourth-order valence-corrected chi connectivity index (χ4v) is 3.33. The van der Waals surface area contributed by atoms with Crippen molar-refractivity contribution in [3.8, 4) is 5.75 Å². The molecule has 1 atom stereocenters. The fourth-order valence-electron chi connectivity index (χ4n) is 1.90. The van der Waals surface area contributed by atoms with E-state index in [1.807, 2.05) is 23.9 Å². The van der Waals surface area contributed by atoms with Crippen LogP contribution in [0.25, 0.3) is 0 Å². The van der Waals surface area contributed by atoms with E-state index in [-0.39, 0.29) is 0 Å². The quantitative estimate of drug-likeness (QED) is 0.764. The number of para-hydroxylation sites is 1. The third kappa shape index (κ3) is 2.47. The van der Waals surface area contributed by atoms with Gasteiger partial charge < -0.3 is 9.64 Å². The highest BCUT2D eigenvalue weighted by Gasteiger charge is 2.21. The van der Waals surface area contributed by atoms with Gasteiger partial charge in [-0.3, -0.25) is 0 Å². The minimum atomic E-state index is 0.555. The van der Waals surface area contributed by atoms with Crippen LogP contribution in [0.4, 0.5) is 0 Å². The first kappa shape index (κ1) is 10.8. The van der Waals surface area contributed by atoms with Crippen molar-refractivity contribution in [1.29, 1.82) is 0 Å². The largest absolute Gasteiger partial charge is 0.496 e. The molecule has 0 amide bonds. The molecule has 1 aromatic rings. The van der Waals surface area contributed by atoms with E-state index in [9.17, 15) is 0 Å². The Balaban J connectivity index is 2.20. The molecule has 1 aliphatic heterocycles. The molecule has 2 nitrogen and oxygen atoms in total. The molecule has 15 heavy (non-hydrogen) atoms. The number of hydrogen-bond donors (Lipinski definition) is 0. The maximum absolute atomic E-state index is 5.40. The van der Waals surface area contributed by atoms with Gasteiger partial charge in [0, 0.05) is 29.7 Å². The molecule has 0 saturated carbocycles. The molecular formula is C12H17NOS. The van der Waals surface area contributed by atoms with Crippen molar-refractivity contribution in [2.75, 3.05) is 33.0 Å². The smallest absolute Gasteiger partial charge is 0.123 e. The molecule has 0 bridgehead atoms. The number of likely N-dealkylation sites (N-methyl/N-ethyl adjacent to an activating group) is 1. The van der Waals surface area contributed by atoms with Crippen molar-refractivity contribution >= 4 is 11.8 Å². The molecule has 1 aliphatic rings. The lowest BCUT2D eigenvalue weighted by Crippen LogP contribution is -2.30. The average molecular weight is 223 g/mol. The summed E-state index contributed by atoms with van der Waals surface area (Å²) in [5, 5.41) is 0.555. The van der Waals surface area contributed by atoms with Crippen LogP contribution in [0.2, 0.25) is 0 Å². The van der Waals surface area contributed by atoms with Gasteiger partial charge in [0.15, 0.2) is 0 Å². The first-order valence-electron chi connectivity index (χ1n) is 5.24. The van der Waals surface area contributed by atoms with Gasteiger partial charge in [0.1, 0.15) is 5.75 Å². The Morgan fingerprint density at radius 3 is 2.93 bits per heavy atom. The maximum atomic E-state index is 5.40. The van der Waals surface area contributed by atoms with Gasteiger partial charge in [-0.2, -0.15) is 11.8 Å². The first-order valence-corrected chi connectivity index (χ1v) is 6.29. The van der Waals surface area contributed by atoms with Crippen molar-refractivity contribution in [2.45, 2.75) is 5.25 Å². The van der Waals surface area contributed by atoms with E-state index in [1.165, 1.54) is 17.9 Å². The van der Waals surface area contributed by atoms with Gasteiger partial charge in [0.2, 0.25) is 0 Å². The Morgan fingerprint density at radius 2 is 2.20 bits per heavy atom. The van der Waals surface area contributed by atoms with Crippen molar-refractivity contribution in [3.05, 3.63) is 29.8 Å². The minimum absolute atomic E-state index is 0.555.